The van der Waals surface area contributed by atoms with E-state index in [1.165, 1.54) is 5.56 Å². The normalized spacial score (nSPS) is 12.3. The number of benzene rings is 2. The summed E-state index contributed by atoms with van der Waals surface area (Å²) < 4.78 is 0. The van der Waals surface area contributed by atoms with E-state index in [0.717, 1.165) is 11.1 Å². The number of amides is 1. The third-order valence-corrected chi connectivity index (χ3v) is 3.38. The summed E-state index contributed by atoms with van der Waals surface area (Å²) in [6.45, 7) is 4.03. The number of nitrogen functional groups attached to an aromatic ring is 1. The molecule has 1 atom stereocenters. The molecule has 0 fully saturated rings. The Bertz CT molecular complexity index is 645. The molecule has 0 aliphatic heterocycles. The SMILES string of the molecule is Cc1ccccc1[C@@H](C)NC(=O)/C=C/c1ccc(N)cc1. The Labute approximate surface area is 125 Å². The molecule has 0 aliphatic rings. The molecule has 0 aliphatic carbocycles. The smallest absolute Gasteiger partial charge is 0.244 e. The number of carbonyl (C=O) groups excluding carboxylic acids is 1. The van der Waals surface area contributed by atoms with E-state index < -0.39 is 0 Å². The van der Waals surface area contributed by atoms with Crippen LogP contribution in [0, 0.1) is 6.92 Å². The monoisotopic (exact) mass is 280 g/mol. The molecule has 0 heterocycles. The Kier molecular flexibility index (Phi) is 4.77. The molecular formula is C18H20N2O. The summed E-state index contributed by atoms with van der Waals surface area (Å²) in [5.41, 5.74) is 9.59. The molecule has 108 valence electrons. The van der Waals surface area contributed by atoms with Gasteiger partial charge in [0.05, 0.1) is 6.04 Å². The van der Waals surface area contributed by atoms with Crippen LogP contribution in [0.15, 0.2) is 54.6 Å². The molecule has 0 saturated carbocycles. The molecule has 0 spiro atoms. The largest absolute Gasteiger partial charge is 0.399 e. The van der Waals surface area contributed by atoms with Crippen LogP contribution in [0.3, 0.4) is 0 Å². The maximum absolute atomic E-state index is 12.0. The molecular weight excluding hydrogens is 260 g/mol. The maximum atomic E-state index is 12.0. The van der Waals surface area contributed by atoms with Gasteiger partial charge in [-0.2, -0.15) is 0 Å². The highest BCUT2D eigenvalue weighted by Gasteiger charge is 2.09. The molecule has 2 rings (SSSR count). The van der Waals surface area contributed by atoms with E-state index in [1.54, 1.807) is 12.2 Å². The van der Waals surface area contributed by atoms with Crippen molar-refractivity contribution in [3.63, 3.8) is 0 Å². The number of anilines is 1. The third-order valence-electron chi connectivity index (χ3n) is 3.38. The van der Waals surface area contributed by atoms with Crippen molar-refractivity contribution in [3.05, 3.63) is 71.3 Å². The summed E-state index contributed by atoms with van der Waals surface area (Å²) in [6, 6.07) is 15.4. The third kappa shape index (κ3) is 4.21. The zero-order valence-electron chi connectivity index (χ0n) is 12.3. The minimum Gasteiger partial charge on any atom is -0.399 e. The van der Waals surface area contributed by atoms with Crippen LogP contribution < -0.4 is 11.1 Å². The van der Waals surface area contributed by atoms with E-state index in [9.17, 15) is 4.79 Å². The summed E-state index contributed by atoms with van der Waals surface area (Å²) in [6.07, 6.45) is 3.32. The first-order valence-electron chi connectivity index (χ1n) is 6.96. The quantitative estimate of drug-likeness (QED) is 0.665. The van der Waals surface area contributed by atoms with Gasteiger partial charge >= 0.3 is 0 Å². The van der Waals surface area contributed by atoms with E-state index >= 15 is 0 Å². The molecule has 1 amide bonds. The Morgan fingerprint density at radius 3 is 2.48 bits per heavy atom. The predicted molar refractivity (Wildman–Crippen MR) is 87.6 cm³/mol. The topological polar surface area (TPSA) is 55.1 Å². The van der Waals surface area contributed by atoms with Crippen molar-refractivity contribution in [3.8, 4) is 0 Å². The van der Waals surface area contributed by atoms with Crippen LogP contribution in [0.2, 0.25) is 0 Å². The summed E-state index contributed by atoms with van der Waals surface area (Å²) >= 11 is 0. The van der Waals surface area contributed by atoms with Gasteiger partial charge in [-0.25, -0.2) is 0 Å². The first-order chi connectivity index (χ1) is 10.1. The predicted octanol–water partition coefficient (Wildman–Crippen LogP) is 3.47. The Balaban J connectivity index is 1.98. The number of aryl methyl sites for hydroxylation is 1. The van der Waals surface area contributed by atoms with Crippen molar-refractivity contribution in [1.82, 2.24) is 5.32 Å². The second kappa shape index (κ2) is 6.75. The summed E-state index contributed by atoms with van der Waals surface area (Å²) in [4.78, 5) is 12.0. The number of hydrogen-bond acceptors (Lipinski definition) is 2. The fourth-order valence-electron chi connectivity index (χ4n) is 2.19. The van der Waals surface area contributed by atoms with Gasteiger partial charge in [-0.1, -0.05) is 36.4 Å². The molecule has 3 N–H and O–H groups in total. The average molecular weight is 280 g/mol. The van der Waals surface area contributed by atoms with Gasteiger partial charge in [-0.05, 0) is 48.7 Å². The van der Waals surface area contributed by atoms with Crippen LogP contribution in [-0.4, -0.2) is 5.91 Å². The van der Waals surface area contributed by atoms with Crippen LogP contribution >= 0.6 is 0 Å². The van der Waals surface area contributed by atoms with Crippen LogP contribution in [0.1, 0.15) is 29.7 Å². The molecule has 21 heavy (non-hydrogen) atoms. The zero-order valence-corrected chi connectivity index (χ0v) is 12.3. The first-order valence-corrected chi connectivity index (χ1v) is 6.96. The fraction of sp³-hybridized carbons (Fsp3) is 0.167. The summed E-state index contributed by atoms with van der Waals surface area (Å²) in [5.74, 6) is -0.109. The lowest BCUT2D eigenvalue weighted by Crippen LogP contribution is -2.25. The molecule has 0 unspecified atom stereocenters. The maximum Gasteiger partial charge on any atom is 0.244 e. The Morgan fingerprint density at radius 2 is 1.81 bits per heavy atom. The van der Waals surface area contributed by atoms with E-state index in [1.807, 2.05) is 62.4 Å². The van der Waals surface area contributed by atoms with E-state index in [2.05, 4.69) is 5.32 Å². The minimum absolute atomic E-state index is 0.0187. The Morgan fingerprint density at radius 1 is 1.14 bits per heavy atom. The van der Waals surface area contributed by atoms with Crippen molar-refractivity contribution in [2.75, 3.05) is 5.73 Å². The van der Waals surface area contributed by atoms with Gasteiger partial charge in [0, 0.05) is 11.8 Å². The highest BCUT2D eigenvalue weighted by Crippen LogP contribution is 2.16. The standard InChI is InChI=1S/C18H20N2O/c1-13-5-3-4-6-17(13)14(2)20-18(21)12-9-15-7-10-16(19)11-8-15/h3-12,14H,19H2,1-2H3,(H,20,21)/b12-9+/t14-/m1/s1. The Hall–Kier alpha value is -2.55. The van der Waals surface area contributed by atoms with Crippen molar-refractivity contribution < 1.29 is 4.79 Å². The van der Waals surface area contributed by atoms with Gasteiger partial charge in [-0.3, -0.25) is 4.79 Å². The van der Waals surface area contributed by atoms with Gasteiger partial charge in [0.2, 0.25) is 5.91 Å². The molecule has 0 saturated heterocycles. The van der Waals surface area contributed by atoms with Crippen molar-refractivity contribution in [2.45, 2.75) is 19.9 Å². The van der Waals surface area contributed by atoms with Gasteiger partial charge in [0.1, 0.15) is 0 Å². The lowest BCUT2D eigenvalue weighted by molar-refractivity contribution is -0.117. The number of rotatable bonds is 4. The highest BCUT2D eigenvalue weighted by molar-refractivity contribution is 5.92. The van der Waals surface area contributed by atoms with E-state index in [-0.39, 0.29) is 11.9 Å². The summed E-state index contributed by atoms with van der Waals surface area (Å²) in [5, 5.41) is 2.97. The molecule has 2 aromatic carbocycles. The van der Waals surface area contributed by atoms with E-state index in [4.69, 9.17) is 5.73 Å². The molecule has 0 bridgehead atoms. The second-order valence-corrected chi connectivity index (χ2v) is 5.09. The van der Waals surface area contributed by atoms with E-state index in [0.29, 0.717) is 5.69 Å². The molecule has 3 heteroatoms. The molecule has 0 radical (unpaired) electrons. The minimum atomic E-state index is -0.109. The van der Waals surface area contributed by atoms with Crippen molar-refractivity contribution in [2.24, 2.45) is 0 Å². The highest BCUT2D eigenvalue weighted by atomic mass is 16.1. The van der Waals surface area contributed by atoms with Gasteiger partial charge in [0.25, 0.3) is 0 Å². The molecule has 0 aromatic heterocycles. The van der Waals surface area contributed by atoms with Crippen LogP contribution in [0.25, 0.3) is 6.08 Å². The van der Waals surface area contributed by atoms with Crippen molar-refractivity contribution in [1.29, 1.82) is 0 Å². The fourth-order valence-corrected chi connectivity index (χ4v) is 2.19. The average Bonchev–Trinajstić information content (AvgIpc) is 2.47. The summed E-state index contributed by atoms with van der Waals surface area (Å²) in [7, 11) is 0. The first kappa shape index (κ1) is 14.9. The number of hydrogen-bond donors (Lipinski definition) is 2. The van der Waals surface area contributed by atoms with Gasteiger partial charge in [0.15, 0.2) is 0 Å². The van der Waals surface area contributed by atoms with Crippen LogP contribution in [0.4, 0.5) is 5.69 Å². The lowest BCUT2D eigenvalue weighted by Gasteiger charge is -2.15. The molecule has 2 aromatic rings. The number of nitrogens with two attached hydrogens (primary N) is 1. The number of carbonyl (C=O) groups is 1. The second-order valence-electron chi connectivity index (χ2n) is 5.09. The molecule has 3 nitrogen and oxygen atoms in total. The zero-order chi connectivity index (χ0) is 15.2. The van der Waals surface area contributed by atoms with Crippen LogP contribution in [-0.2, 0) is 4.79 Å². The van der Waals surface area contributed by atoms with Gasteiger partial charge in [-0.15, -0.1) is 0 Å². The van der Waals surface area contributed by atoms with Gasteiger partial charge < -0.3 is 11.1 Å². The number of nitrogens with one attached hydrogen (secondary N) is 1. The van der Waals surface area contributed by atoms with Crippen LogP contribution in [0.5, 0.6) is 0 Å². The van der Waals surface area contributed by atoms with Crippen molar-refractivity contribution >= 4 is 17.7 Å². The lowest BCUT2D eigenvalue weighted by atomic mass is 10.0.